The molecule has 248 valence electrons. The van der Waals surface area contributed by atoms with Crippen molar-refractivity contribution in [1.82, 2.24) is 0 Å². The Hall–Kier alpha value is -3.35. The molecule has 0 unspecified atom stereocenters. The van der Waals surface area contributed by atoms with E-state index in [0.717, 1.165) is 20.8 Å². The van der Waals surface area contributed by atoms with Crippen molar-refractivity contribution in [2.75, 3.05) is 0 Å². The molecular weight excluding hydrogens is 727 g/mol. The average Bonchev–Trinajstić information content (AvgIpc) is 3.72. The summed E-state index contributed by atoms with van der Waals surface area (Å²) in [5, 5.41) is 6.34. The van der Waals surface area contributed by atoms with Crippen molar-refractivity contribution in [3.05, 3.63) is 177 Å². The standard InChI is InChI=1S/C21H12Cl2.C21H25.C5H5.Zr/c22-18-10-14-5-1-3-7-20(14)16(12-18)9-17-13-19(23)11-15-6-2-4-8-21(15)17;1-20(2,3)16-7-9-18-14(12-16)11-15-13-17(21(4,5)6)8-10-19(15)18;1-2-4-5-3-1;/h1-8,10-13H;7-13H,1-6H3;1-5H;. The second kappa shape index (κ2) is 12.7. The van der Waals surface area contributed by atoms with Crippen molar-refractivity contribution < 1.29 is 21.3 Å². The van der Waals surface area contributed by atoms with Crippen molar-refractivity contribution in [2.45, 2.75) is 59.6 Å². The number of fused-ring (bicyclic) bond motifs is 5. The Morgan fingerprint density at radius 2 is 0.980 bits per heavy atom. The van der Waals surface area contributed by atoms with E-state index in [2.05, 4.69) is 175 Å². The topological polar surface area (TPSA) is 0 Å². The summed E-state index contributed by atoms with van der Waals surface area (Å²) in [5.41, 5.74) is 11.0. The summed E-state index contributed by atoms with van der Waals surface area (Å²) < 4.78 is 2.08. The van der Waals surface area contributed by atoms with Gasteiger partial charge in [-0.05, 0) is 0 Å². The zero-order chi connectivity index (χ0) is 34.9. The number of benzene rings is 6. The third-order valence-corrected chi connectivity index (χ3v) is 19.6. The molecule has 0 N–H and O–H groups in total. The molecule has 0 radical (unpaired) electrons. The molecule has 0 nitrogen and oxygen atoms in total. The van der Waals surface area contributed by atoms with Gasteiger partial charge in [0.05, 0.1) is 0 Å². The van der Waals surface area contributed by atoms with Gasteiger partial charge in [0.15, 0.2) is 0 Å². The molecule has 2 aliphatic rings. The van der Waals surface area contributed by atoms with Gasteiger partial charge in [-0.3, -0.25) is 0 Å². The van der Waals surface area contributed by atoms with Crippen LogP contribution in [0.25, 0.3) is 32.7 Å². The monoisotopic (exact) mass is 766 g/mol. The number of allylic oxidation sites excluding steroid dienone is 4. The second-order valence-corrected chi connectivity index (χ2v) is 23.4. The molecule has 0 amide bonds. The van der Waals surface area contributed by atoms with Crippen LogP contribution in [-0.4, -0.2) is 3.21 Å². The molecule has 0 saturated heterocycles. The fourth-order valence-electron chi connectivity index (χ4n) is 8.09. The fraction of sp³-hybridized carbons (Fsp3) is 0.213. The molecule has 6 aromatic rings. The third kappa shape index (κ3) is 5.94. The molecular formula is C47H42Cl2Zr. The van der Waals surface area contributed by atoms with E-state index >= 15 is 0 Å². The first kappa shape index (κ1) is 33.8. The van der Waals surface area contributed by atoms with Crippen LogP contribution in [0.5, 0.6) is 0 Å². The van der Waals surface area contributed by atoms with E-state index in [1.807, 2.05) is 0 Å². The van der Waals surface area contributed by atoms with Crippen LogP contribution in [0, 0.1) is 0 Å². The van der Waals surface area contributed by atoms with Gasteiger partial charge in [-0.15, -0.1) is 0 Å². The summed E-state index contributed by atoms with van der Waals surface area (Å²) in [6, 6.07) is 40.9. The molecule has 0 aromatic heterocycles. The van der Waals surface area contributed by atoms with E-state index in [4.69, 9.17) is 23.2 Å². The van der Waals surface area contributed by atoms with Crippen LogP contribution in [0.4, 0.5) is 0 Å². The van der Waals surface area contributed by atoms with Crippen LogP contribution < -0.4 is 0 Å². The second-order valence-electron chi connectivity index (χ2n) is 16.0. The van der Waals surface area contributed by atoms with Gasteiger partial charge < -0.3 is 0 Å². The van der Waals surface area contributed by atoms with Crippen molar-refractivity contribution in [2.24, 2.45) is 0 Å². The number of hydrogen-bond acceptors (Lipinski definition) is 0. The first-order valence-electron chi connectivity index (χ1n) is 17.6. The van der Waals surface area contributed by atoms with Crippen molar-refractivity contribution in [3.8, 4) is 11.1 Å². The van der Waals surface area contributed by atoms with Gasteiger partial charge in [-0.1, -0.05) is 0 Å². The predicted molar refractivity (Wildman–Crippen MR) is 214 cm³/mol. The van der Waals surface area contributed by atoms with Crippen LogP contribution >= 0.6 is 23.2 Å². The normalized spacial score (nSPS) is 14.5. The van der Waals surface area contributed by atoms with E-state index in [-0.39, 0.29) is 14.5 Å². The summed E-state index contributed by atoms with van der Waals surface area (Å²) in [4.78, 5) is 0. The van der Waals surface area contributed by atoms with Gasteiger partial charge in [-0.25, -0.2) is 0 Å². The minimum absolute atomic E-state index is 0.0282. The van der Waals surface area contributed by atoms with E-state index in [1.54, 1.807) is 0 Å². The zero-order valence-corrected chi connectivity index (χ0v) is 33.6. The maximum absolute atomic E-state index is 7.09. The Balaban J connectivity index is 1.59. The molecule has 2 aliphatic carbocycles. The first-order chi connectivity index (χ1) is 23.9. The SMILES string of the molecule is CC(C)(C)c1ccc2c(c1)[CH]([Zr](=[C](c1cc(Cl)cc3ccccc13)c1cc(Cl)cc3ccccc13)[CH]1C=CC=C1)c1cc(C(C)(C)C)ccc1-2. The van der Waals surface area contributed by atoms with Crippen LogP contribution in [0.2, 0.25) is 13.7 Å². The van der Waals surface area contributed by atoms with Crippen LogP contribution in [-0.2, 0) is 32.1 Å². The third-order valence-electron chi connectivity index (χ3n) is 10.6. The number of hydrogen-bond donors (Lipinski definition) is 0. The molecule has 3 heteroatoms. The summed E-state index contributed by atoms with van der Waals surface area (Å²) in [7, 11) is 0. The maximum atomic E-state index is 7.09. The molecule has 8 rings (SSSR count). The van der Waals surface area contributed by atoms with Gasteiger partial charge >= 0.3 is 317 Å². The molecule has 0 bridgehead atoms. The van der Waals surface area contributed by atoms with Crippen molar-refractivity contribution in [3.63, 3.8) is 0 Å². The van der Waals surface area contributed by atoms with Crippen LogP contribution in [0.3, 0.4) is 0 Å². The van der Waals surface area contributed by atoms with Crippen LogP contribution in [0.1, 0.15) is 78.5 Å². The Morgan fingerprint density at radius 3 is 1.42 bits per heavy atom. The zero-order valence-electron chi connectivity index (χ0n) is 29.6. The predicted octanol–water partition coefficient (Wildman–Crippen LogP) is 13.8. The molecule has 0 saturated carbocycles. The van der Waals surface area contributed by atoms with E-state index in [9.17, 15) is 0 Å². The molecule has 0 fully saturated rings. The van der Waals surface area contributed by atoms with E-state index in [0.29, 0.717) is 3.63 Å². The van der Waals surface area contributed by atoms with Gasteiger partial charge in [0, 0.05) is 0 Å². The Kier molecular flexibility index (Phi) is 8.58. The van der Waals surface area contributed by atoms with Gasteiger partial charge in [0.2, 0.25) is 0 Å². The van der Waals surface area contributed by atoms with Gasteiger partial charge in [0.25, 0.3) is 0 Å². The first-order valence-corrected chi connectivity index (χ1v) is 22.5. The molecule has 6 aromatic carbocycles. The summed E-state index contributed by atoms with van der Waals surface area (Å²) in [6.45, 7) is 14.0. The summed E-state index contributed by atoms with van der Waals surface area (Å²) in [6.07, 6.45) is 9.49. The van der Waals surface area contributed by atoms with Crippen molar-refractivity contribution >= 4 is 48.0 Å². The molecule has 50 heavy (non-hydrogen) atoms. The molecule has 0 spiro atoms. The van der Waals surface area contributed by atoms with E-state index in [1.165, 1.54) is 58.5 Å². The van der Waals surface area contributed by atoms with Crippen molar-refractivity contribution in [1.29, 1.82) is 0 Å². The molecule has 0 atom stereocenters. The minimum atomic E-state index is -3.07. The molecule has 0 heterocycles. The number of halogens is 2. The average molecular weight is 769 g/mol. The van der Waals surface area contributed by atoms with E-state index < -0.39 is 21.3 Å². The van der Waals surface area contributed by atoms with Gasteiger partial charge in [0.1, 0.15) is 0 Å². The molecule has 0 aliphatic heterocycles. The Bertz CT molecular complexity index is 2270. The van der Waals surface area contributed by atoms with Gasteiger partial charge in [-0.2, -0.15) is 0 Å². The summed E-state index contributed by atoms with van der Waals surface area (Å²) >= 11 is 11.1. The Labute approximate surface area is 314 Å². The summed E-state index contributed by atoms with van der Waals surface area (Å²) in [5.74, 6) is 0. The quantitative estimate of drug-likeness (QED) is 0.168. The number of rotatable bonds is 4. The van der Waals surface area contributed by atoms with Crippen LogP contribution in [0.15, 0.2) is 133 Å². The Morgan fingerprint density at radius 1 is 0.540 bits per heavy atom. The fourth-order valence-corrected chi connectivity index (χ4v) is 18.0.